The molecule has 0 bridgehead atoms. The SMILES string of the molecule is CC1CN(C(=O)c2cccc(Br)n2)CCCO1. The largest absolute Gasteiger partial charge is 0.377 e. The molecular formula is C12H15BrN2O2. The molecule has 5 heteroatoms. The summed E-state index contributed by atoms with van der Waals surface area (Å²) < 4.78 is 6.20. The van der Waals surface area contributed by atoms with Gasteiger partial charge in [-0.3, -0.25) is 4.79 Å². The number of aromatic nitrogens is 1. The maximum absolute atomic E-state index is 12.2. The Labute approximate surface area is 109 Å². The van der Waals surface area contributed by atoms with Crippen molar-refractivity contribution >= 4 is 21.8 Å². The molecule has 1 aliphatic rings. The van der Waals surface area contributed by atoms with Crippen molar-refractivity contribution in [1.82, 2.24) is 9.88 Å². The van der Waals surface area contributed by atoms with E-state index in [0.717, 1.165) is 19.6 Å². The summed E-state index contributed by atoms with van der Waals surface area (Å²) in [5.41, 5.74) is 0.480. The highest BCUT2D eigenvalue weighted by atomic mass is 79.9. The predicted molar refractivity (Wildman–Crippen MR) is 67.9 cm³/mol. The van der Waals surface area contributed by atoms with Crippen LogP contribution in [0.15, 0.2) is 22.8 Å². The van der Waals surface area contributed by atoms with E-state index in [1.165, 1.54) is 0 Å². The lowest BCUT2D eigenvalue weighted by Gasteiger charge is -2.21. The fourth-order valence-electron chi connectivity index (χ4n) is 1.87. The van der Waals surface area contributed by atoms with Gasteiger partial charge in [0.2, 0.25) is 0 Å². The monoisotopic (exact) mass is 298 g/mol. The molecule has 0 aromatic carbocycles. The minimum atomic E-state index is -0.0244. The van der Waals surface area contributed by atoms with Crippen LogP contribution in [-0.4, -0.2) is 41.6 Å². The minimum absolute atomic E-state index is 0.0244. The van der Waals surface area contributed by atoms with E-state index in [9.17, 15) is 4.79 Å². The third kappa shape index (κ3) is 3.26. The van der Waals surface area contributed by atoms with Gasteiger partial charge in [0, 0.05) is 19.7 Å². The Kier molecular flexibility index (Phi) is 4.12. The van der Waals surface area contributed by atoms with Gasteiger partial charge in [-0.15, -0.1) is 0 Å². The Hall–Kier alpha value is -0.940. The first-order valence-corrected chi connectivity index (χ1v) is 6.49. The van der Waals surface area contributed by atoms with Crippen LogP contribution in [-0.2, 0) is 4.74 Å². The van der Waals surface area contributed by atoms with Crippen LogP contribution in [0.4, 0.5) is 0 Å². The van der Waals surface area contributed by atoms with E-state index in [1.807, 2.05) is 24.0 Å². The van der Waals surface area contributed by atoms with Gasteiger partial charge in [-0.1, -0.05) is 6.07 Å². The van der Waals surface area contributed by atoms with Crippen LogP contribution in [0.1, 0.15) is 23.8 Å². The van der Waals surface area contributed by atoms with Gasteiger partial charge < -0.3 is 9.64 Å². The molecule has 1 atom stereocenters. The highest BCUT2D eigenvalue weighted by Gasteiger charge is 2.21. The number of hydrogen-bond donors (Lipinski definition) is 0. The van der Waals surface area contributed by atoms with Crippen molar-refractivity contribution in [3.63, 3.8) is 0 Å². The highest BCUT2D eigenvalue weighted by Crippen LogP contribution is 2.12. The predicted octanol–water partition coefficient (Wildman–Crippen LogP) is 2.10. The topological polar surface area (TPSA) is 42.4 Å². The Balaban J connectivity index is 2.13. The second kappa shape index (κ2) is 5.60. The molecule has 0 radical (unpaired) electrons. The zero-order valence-electron chi connectivity index (χ0n) is 9.73. The number of amides is 1. The van der Waals surface area contributed by atoms with E-state index in [0.29, 0.717) is 16.8 Å². The van der Waals surface area contributed by atoms with E-state index in [-0.39, 0.29) is 12.0 Å². The number of rotatable bonds is 1. The van der Waals surface area contributed by atoms with Crippen LogP contribution in [0, 0.1) is 0 Å². The molecule has 1 aliphatic heterocycles. The van der Waals surface area contributed by atoms with Crippen molar-refractivity contribution in [3.8, 4) is 0 Å². The molecule has 1 amide bonds. The van der Waals surface area contributed by atoms with Gasteiger partial charge in [0.25, 0.3) is 5.91 Å². The molecule has 1 aromatic rings. The van der Waals surface area contributed by atoms with Crippen LogP contribution in [0.5, 0.6) is 0 Å². The second-order valence-corrected chi connectivity index (χ2v) is 4.94. The molecule has 92 valence electrons. The van der Waals surface area contributed by atoms with Gasteiger partial charge in [-0.2, -0.15) is 0 Å². The summed E-state index contributed by atoms with van der Waals surface area (Å²) in [4.78, 5) is 18.2. The molecule has 0 spiro atoms. The quantitative estimate of drug-likeness (QED) is 0.746. The number of carbonyl (C=O) groups is 1. The summed E-state index contributed by atoms with van der Waals surface area (Å²) in [6.07, 6.45) is 0.970. The summed E-state index contributed by atoms with van der Waals surface area (Å²) in [6, 6.07) is 5.37. The lowest BCUT2D eigenvalue weighted by Crippen LogP contribution is -2.36. The standard InChI is InChI=1S/C12H15BrN2O2/c1-9-8-15(6-3-7-17-9)12(16)10-4-2-5-11(13)14-10/h2,4-5,9H,3,6-8H2,1H3. The molecule has 1 aromatic heterocycles. The van der Waals surface area contributed by atoms with Crippen molar-refractivity contribution in [3.05, 3.63) is 28.5 Å². The molecule has 0 saturated carbocycles. The molecule has 1 saturated heterocycles. The van der Waals surface area contributed by atoms with Crippen LogP contribution in [0.2, 0.25) is 0 Å². The summed E-state index contributed by atoms with van der Waals surface area (Å²) in [6.45, 7) is 4.07. The molecule has 0 aliphatic carbocycles. The Morgan fingerprint density at radius 2 is 2.41 bits per heavy atom. The van der Waals surface area contributed by atoms with Crippen molar-refractivity contribution in [2.45, 2.75) is 19.4 Å². The first-order chi connectivity index (χ1) is 8.16. The van der Waals surface area contributed by atoms with E-state index in [2.05, 4.69) is 20.9 Å². The summed E-state index contributed by atoms with van der Waals surface area (Å²) >= 11 is 3.28. The van der Waals surface area contributed by atoms with Gasteiger partial charge in [0.15, 0.2) is 0 Å². The van der Waals surface area contributed by atoms with Crippen LogP contribution in [0.3, 0.4) is 0 Å². The average molecular weight is 299 g/mol. The third-order valence-electron chi connectivity index (χ3n) is 2.67. The fraction of sp³-hybridized carbons (Fsp3) is 0.500. The van der Waals surface area contributed by atoms with E-state index < -0.39 is 0 Å². The Morgan fingerprint density at radius 3 is 3.18 bits per heavy atom. The van der Waals surface area contributed by atoms with Crippen molar-refractivity contribution in [1.29, 1.82) is 0 Å². The molecule has 1 unspecified atom stereocenters. The average Bonchev–Trinajstić information content (AvgIpc) is 2.53. The van der Waals surface area contributed by atoms with E-state index >= 15 is 0 Å². The number of carbonyl (C=O) groups excluding carboxylic acids is 1. The smallest absolute Gasteiger partial charge is 0.272 e. The zero-order valence-corrected chi connectivity index (χ0v) is 11.3. The van der Waals surface area contributed by atoms with Gasteiger partial charge >= 0.3 is 0 Å². The molecule has 17 heavy (non-hydrogen) atoms. The number of nitrogens with zero attached hydrogens (tertiary/aromatic N) is 2. The Morgan fingerprint density at radius 1 is 1.59 bits per heavy atom. The molecule has 0 N–H and O–H groups in total. The summed E-state index contributed by atoms with van der Waals surface area (Å²) in [7, 11) is 0. The van der Waals surface area contributed by atoms with E-state index in [1.54, 1.807) is 6.07 Å². The van der Waals surface area contributed by atoms with Crippen molar-refractivity contribution < 1.29 is 9.53 Å². The second-order valence-electron chi connectivity index (χ2n) is 4.13. The van der Waals surface area contributed by atoms with Gasteiger partial charge in [-0.25, -0.2) is 4.98 Å². The number of pyridine rings is 1. The van der Waals surface area contributed by atoms with Crippen LogP contribution in [0.25, 0.3) is 0 Å². The normalized spacial score (nSPS) is 21.1. The van der Waals surface area contributed by atoms with Crippen LogP contribution >= 0.6 is 15.9 Å². The highest BCUT2D eigenvalue weighted by molar-refractivity contribution is 9.10. The fourth-order valence-corrected chi connectivity index (χ4v) is 2.21. The maximum atomic E-state index is 12.2. The third-order valence-corrected chi connectivity index (χ3v) is 3.12. The Bertz CT molecular complexity index is 411. The molecule has 2 heterocycles. The lowest BCUT2D eigenvalue weighted by atomic mass is 10.2. The van der Waals surface area contributed by atoms with Gasteiger partial charge in [-0.05, 0) is 41.4 Å². The molecule has 1 fully saturated rings. The molecule has 2 rings (SSSR count). The van der Waals surface area contributed by atoms with Crippen LogP contribution < -0.4 is 0 Å². The van der Waals surface area contributed by atoms with Gasteiger partial charge in [0.05, 0.1) is 6.10 Å². The zero-order chi connectivity index (χ0) is 12.3. The van der Waals surface area contributed by atoms with Crippen molar-refractivity contribution in [2.75, 3.05) is 19.7 Å². The van der Waals surface area contributed by atoms with Gasteiger partial charge in [0.1, 0.15) is 10.3 Å². The minimum Gasteiger partial charge on any atom is -0.377 e. The maximum Gasteiger partial charge on any atom is 0.272 e. The summed E-state index contributed by atoms with van der Waals surface area (Å²) in [5.74, 6) is -0.0244. The summed E-state index contributed by atoms with van der Waals surface area (Å²) in [5, 5.41) is 0. The number of halogens is 1. The molecule has 4 nitrogen and oxygen atoms in total. The molecular weight excluding hydrogens is 284 g/mol. The number of ether oxygens (including phenoxy) is 1. The first kappa shape index (κ1) is 12.5. The first-order valence-electron chi connectivity index (χ1n) is 5.70. The van der Waals surface area contributed by atoms with E-state index in [4.69, 9.17) is 4.74 Å². The lowest BCUT2D eigenvalue weighted by molar-refractivity contribution is 0.0559. The number of hydrogen-bond acceptors (Lipinski definition) is 3. The van der Waals surface area contributed by atoms with Crippen molar-refractivity contribution in [2.24, 2.45) is 0 Å².